The lowest BCUT2D eigenvalue weighted by molar-refractivity contribution is -0.139. The van der Waals surface area contributed by atoms with Crippen molar-refractivity contribution >= 4 is 5.97 Å². The van der Waals surface area contributed by atoms with E-state index in [0.29, 0.717) is 23.7 Å². The second-order valence-corrected chi connectivity index (χ2v) is 6.61. The van der Waals surface area contributed by atoms with E-state index in [1.54, 1.807) is 0 Å². The molecule has 4 aliphatic rings. The molecule has 3 N–H and O–H groups in total. The van der Waals surface area contributed by atoms with E-state index in [0.717, 1.165) is 31.5 Å². The number of hydrogen-bond donors (Lipinski definition) is 2. The van der Waals surface area contributed by atoms with Crippen molar-refractivity contribution in [3.63, 3.8) is 0 Å². The molecule has 8 nitrogen and oxygen atoms in total. The average molecular weight is 329 g/mol. The number of nitrogens with one attached hydrogen (secondary N) is 1. The van der Waals surface area contributed by atoms with Gasteiger partial charge in [-0.3, -0.25) is 9.89 Å². The van der Waals surface area contributed by atoms with Crippen LogP contribution in [-0.4, -0.2) is 47.8 Å². The number of nitrogens with two attached hydrogens (primary N) is 1. The lowest BCUT2D eigenvalue weighted by atomic mass is 9.58. The maximum Gasteiger partial charge on any atom is 0.311 e. The molecule has 5 heterocycles. The van der Waals surface area contributed by atoms with Crippen molar-refractivity contribution in [1.82, 2.24) is 15.1 Å². The van der Waals surface area contributed by atoms with Gasteiger partial charge < -0.3 is 20.1 Å². The SMILES string of the molecule is COC(=O)Cc1[nH]nc2c1[C@@]1(CN3CCC1CC3)C(C#N)=C(N)O2. The van der Waals surface area contributed by atoms with Gasteiger partial charge in [-0.2, -0.15) is 5.26 Å². The molecule has 0 amide bonds. The molecule has 0 saturated carbocycles. The predicted molar refractivity (Wildman–Crippen MR) is 82.6 cm³/mol. The van der Waals surface area contributed by atoms with Gasteiger partial charge in [-0.1, -0.05) is 0 Å². The minimum absolute atomic E-state index is 0.0648. The maximum absolute atomic E-state index is 11.8. The van der Waals surface area contributed by atoms with Crippen LogP contribution in [0.25, 0.3) is 0 Å². The van der Waals surface area contributed by atoms with Crippen molar-refractivity contribution < 1.29 is 14.3 Å². The number of carbonyl (C=O) groups is 1. The highest BCUT2D eigenvalue weighted by Gasteiger charge is 2.56. The second-order valence-electron chi connectivity index (χ2n) is 6.61. The van der Waals surface area contributed by atoms with Crippen molar-refractivity contribution in [1.29, 1.82) is 5.26 Å². The van der Waals surface area contributed by atoms with Gasteiger partial charge in [0.2, 0.25) is 11.8 Å². The number of ether oxygens (including phenoxy) is 2. The first-order valence-electron chi connectivity index (χ1n) is 8.05. The lowest BCUT2D eigenvalue weighted by Crippen LogP contribution is -2.59. The molecule has 2 bridgehead atoms. The number of rotatable bonds is 2. The van der Waals surface area contributed by atoms with Crippen LogP contribution in [0.5, 0.6) is 5.88 Å². The number of fused-ring (bicyclic) bond motifs is 3. The van der Waals surface area contributed by atoms with Crippen LogP contribution in [0.3, 0.4) is 0 Å². The number of H-pyrrole nitrogens is 1. The first-order valence-corrected chi connectivity index (χ1v) is 8.05. The first kappa shape index (κ1) is 15.0. The van der Waals surface area contributed by atoms with Gasteiger partial charge in [0.1, 0.15) is 11.6 Å². The van der Waals surface area contributed by atoms with Crippen LogP contribution in [0.15, 0.2) is 11.5 Å². The molecule has 0 unspecified atom stereocenters. The smallest absolute Gasteiger partial charge is 0.311 e. The zero-order valence-corrected chi connectivity index (χ0v) is 13.5. The van der Waals surface area contributed by atoms with Gasteiger partial charge in [-0.25, -0.2) is 0 Å². The molecule has 3 saturated heterocycles. The number of methoxy groups -OCH3 is 1. The van der Waals surface area contributed by atoms with E-state index in [2.05, 4.69) is 21.2 Å². The zero-order chi connectivity index (χ0) is 16.9. The van der Waals surface area contributed by atoms with Crippen LogP contribution in [-0.2, 0) is 21.4 Å². The molecule has 1 atom stereocenters. The highest BCUT2D eigenvalue weighted by atomic mass is 16.5. The third kappa shape index (κ3) is 1.88. The summed E-state index contributed by atoms with van der Waals surface area (Å²) < 4.78 is 10.4. The molecule has 0 aromatic carbocycles. The Bertz CT molecular complexity index is 769. The topological polar surface area (TPSA) is 117 Å². The quantitative estimate of drug-likeness (QED) is 0.743. The molecule has 8 heteroatoms. The minimum atomic E-state index is -0.556. The van der Waals surface area contributed by atoms with Crippen molar-refractivity contribution in [3.8, 4) is 11.9 Å². The fraction of sp³-hybridized carbons (Fsp3) is 0.562. The molecule has 0 aliphatic carbocycles. The Labute approximate surface area is 139 Å². The molecular weight excluding hydrogens is 310 g/mol. The van der Waals surface area contributed by atoms with Gasteiger partial charge in [0.25, 0.3) is 0 Å². The van der Waals surface area contributed by atoms with Gasteiger partial charge in [-0.15, -0.1) is 5.10 Å². The Morgan fingerprint density at radius 3 is 2.92 bits per heavy atom. The van der Waals surface area contributed by atoms with E-state index in [1.807, 2.05) is 0 Å². The maximum atomic E-state index is 11.8. The number of carbonyl (C=O) groups excluding carboxylic acids is 1. The Morgan fingerprint density at radius 1 is 1.58 bits per heavy atom. The highest BCUT2D eigenvalue weighted by molar-refractivity contribution is 5.73. The van der Waals surface area contributed by atoms with E-state index in [1.165, 1.54) is 7.11 Å². The number of aromatic nitrogens is 2. The third-order valence-corrected chi connectivity index (χ3v) is 5.57. The van der Waals surface area contributed by atoms with Crippen LogP contribution in [0.1, 0.15) is 24.1 Å². The average Bonchev–Trinajstić information content (AvgIpc) is 2.99. The normalized spacial score (nSPS) is 30.7. The number of hydrogen-bond acceptors (Lipinski definition) is 7. The Balaban J connectivity index is 1.90. The summed E-state index contributed by atoms with van der Waals surface area (Å²) in [4.78, 5) is 14.1. The summed E-state index contributed by atoms with van der Waals surface area (Å²) in [5.41, 5.74) is 7.39. The van der Waals surface area contributed by atoms with Gasteiger partial charge in [0.15, 0.2) is 0 Å². The standard InChI is InChI=1S/C16H19N5O3/c1-23-12(22)6-11-13-15(20-19-11)24-14(18)10(7-17)16(13)8-21-4-2-9(16)3-5-21/h9H,2-6,8,18H2,1H3,(H,19,20)/t16-/m1/s1. The van der Waals surface area contributed by atoms with Gasteiger partial charge in [0, 0.05) is 6.54 Å². The van der Waals surface area contributed by atoms with E-state index >= 15 is 0 Å². The number of aromatic amines is 1. The van der Waals surface area contributed by atoms with Crippen molar-refractivity contribution in [2.45, 2.75) is 24.7 Å². The van der Waals surface area contributed by atoms with Crippen molar-refractivity contribution in [2.24, 2.45) is 11.7 Å². The molecule has 0 radical (unpaired) electrons. The molecule has 24 heavy (non-hydrogen) atoms. The van der Waals surface area contributed by atoms with Crippen LogP contribution in [0.4, 0.5) is 0 Å². The first-order chi connectivity index (χ1) is 11.6. The molecule has 1 spiro atoms. The lowest BCUT2D eigenvalue weighted by Gasteiger charge is -2.54. The summed E-state index contributed by atoms with van der Waals surface area (Å²) in [6.07, 6.45) is 2.04. The number of esters is 1. The third-order valence-electron chi connectivity index (χ3n) is 5.57. The van der Waals surface area contributed by atoms with Crippen LogP contribution >= 0.6 is 0 Å². The monoisotopic (exact) mass is 329 g/mol. The Morgan fingerprint density at radius 2 is 2.33 bits per heavy atom. The fourth-order valence-corrected chi connectivity index (χ4v) is 4.52. The van der Waals surface area contributed by atoms with Crippen molar-refractivity contribution in [3.05, 3.63) is 22.7 Å². The van der Waals surface area contributed by atoms with Crippen molar-refractivity contribution in [2.75, 3.05) is 26.7 Å². The molecule has 1 aromatic rings. The van der Waals surface area contributed by atoms with Gasteiger partial charge >= 0.3 is 5.97 Å². The molecule has 3 fully saturated rings. The molecular formula is C16H19N5O3. The summed E-state index contributed by atoms with van der Waals surface area (Å²) in [6, 6.07) is 2.27. The second kappa shape index (κ2) is 5.24. The van der Waals surface area contributed by atoms with Crippen LogP contribution < -0.4 is 10.5 Å². The van der Waals surface area contributed by atoms with Crippen LogP contribution in [0, 0.1) is 17.2 Å². The molecule has 1 aromatic heterocycles. The Kier molecular flexibility index (Phi) is 3.28. The van der Waals surface area contributed by atoms with Gasteiger partial charge in [-0.05, 0) is 31.8 Å². The van der Waals surface area contributed by atoms with E-state index < -0.39 is 5.41 Å². The largest absolute Gasteiger partial charge is 0.469 e. The minimum Gasteiger partial charge on any atom is -0.469 e. The summed E-state index contributed by atoms with van der Waals surface area (Å²) >= 11 is 0. The van der Waals surface area contributed by atoms with E-state index in [9.17, 15) is 10.1 Å². The molecule has 5 rings (SSSR count). The number of nitriles is 1. The summed E-state index contributed by atoms with van der Waals surface area (Å²) in [5.74, 6) is 0.417. The summed E-state index contributed by atoms with van der Waals surface area (Å²) in [6.45, 7) is 2.74. The van der Waals surface area contributed by atoms with Gasteiger partial charge in [0.05, 0.1) is 30.2 Å². The molecule has 4 aliphatic heterocycles. The summed E-state index contributed by atoms with van der Waals surface area (Å²) in [7, 11) is 1.35. The Hall–Kier alpha value is -2.53. The molecule has 126 valence electrons. The summed E-state index contributed by atoms with van der Waals surface area (Å²) in [5, 5.41) is 16.9. The predicted octanol–water partition coefficient (Wildman–Crippen LogP) is 0.175. The number of nitrogens with zero attached hydrogens (tertiary/aromatic N) is 3. The van der Waals surface area contributed by atoms with Crippen LogP contribution in [0.2, 0.25) is 0 Å². The van der Waals surface area contributed by atoms with E-state index in [4.69, 9.17) is 15.2 Å². The number of piperidine rings is 3. The highest BCUT2D eigenvalue weighted by Crippen LogP contribution is 2.54. The zero-order valence-electron chi connectivity index (χ0n) is 13.5. The van der Waals surface area contributed by atoms with E-state index in [-0.39, 0.29) is 24.2 Å². The fourth-order valence-electron chi connectivity index (χ4n) is 4.52.